The summed E-state index contributed by atoms with van der Waals surface area (Å²) in [6.45, 7) is 3.40. The maximum absolute atomic E-state index is 13.7. The highest BCUT2D eigenvalue weighted by molar-refractivity contribution is 6.10. The van der Waals surface area contributed by atoms with E-state index in [0.717, 1.165) is 48.2 Å². The van der Waals surface area contributed by atoms with Crippen LogP contribution in [0.3, 0.4) is 0 Å². The van der Waals surface area contributed by atoms with Gasteiger partial charge in [0.2, 0.25) is 5.91 Å². The SMILES string of the molecule is CNC(=O)CN1CCN(C(C(=O)c2c[nH]c3ccccc23)c2ccccc2)CC1. The third kappa shape index (κ3) is 4.09. The van der Waals surface area contributed by atoms with E-state index < -0.39 is 0 Å². The molecule has 4 rings (SSSR count). The van der Waals surface area contributed by atoms with Crippen LogP contribution in [0, 0.1) is 0 Å². The van der Waals surface area contributed by atoms with Gasteiger partial charge in [-0.15, -0.1) is 0 Å². The highest BCUT2D eigenvalue weighted by Crippen LogP contribution is 2.29. The largest absolute Gasteiger partial charge is 0.360 e. The van der Waals surface area contributed by atoms with Crippen molar-refractivity contribution in [1.82, 2.24) is 20.1 Å². The first-order valence-electron chi connectivity index (χ1n) is 9.99. The number of likely N-dealkylation sites (N-methyl/N-ethyl adjacent to an activating group) is 1. The smallest absolute Gasteiger partial charge is 0.233 e. The van der Waals surface area contributed by atoms with Crippen LogP contribution < -0.4 is 5.32 Å². The average Bonchev–Trinajstić information content (AvgIpc) is 3.20. The van der Waals surface area contributed by atoms with Crippen LogP contribution in [-0.4, -0.2) is 66.2 Å². The Morgan fingerprint density at radius 2 is 1.69 bits per heavy atom. The van der Waals surface area contributed by atoms with Gasteiger partial charge in [-0.3, -0.25) is 19.4 Å². The maximum Gasteiger partial charge on any atom is 0.233 e. The number of nitrogens with zero attached hydrogens (tertiary/aromatic N) is 2. The number of carbonyl (C=O) groups is 2. The van der Waals surface area contributed by atoms with E-state index in [9.17, 15) is 9.59 Å². The second-order valence-corrected chi connectivity index (χ2v) is 7.41. The van der Waals surface area contributed by atoms with Crippen molar-refractivity contribution < 1.29 is 9.59 Å². The van der Waals surface area contributed by atoms with Crippen molar-refractivity contribution in [2.45, 2.75) is 6.04 Å². The van der Waals surface area contributed by atoms with Crippen molar-refractivity contribution in [1.29, 1.82) is 0 Å². The number of rotatable bonds is 6. The molecule has 2 N–H and O–H groups in total. The molecule has 2 aromatic carbocycles. The number of aromatic amines is 1. The van der Waals surface area contributed by atoms with Gasteiger partial charge in [0, 0.05) is 55.9 Å². The summed E-state index contributed by atoms with van der Waals surface area (Å²) >= 11 is 0. The zero-order valence-electron chi connectivity index (χ0n) is 16.6. The molecule has 1 fully saturated rings. The van der Waals surface area contributed by atoms with Crippen LogP contribution >= 0.6 is 0 Å². The molecule has 6 heteroatoms. The number of benzene rings is 2. The molecule has 0 aliphatic carbocycles. The van der Waals surface area contributed by atoms with E-state index in [4.69, 9.17) is 0 Å². The Bertz CT molecular complexity index is 990. The zero-order valence-corrected chi connectivity index (χ0v) is 16.6. The third-order valence-electron chi connectivity index (χ3n) is 5.64. The number of Topliss-reactive ketones (excluding diaryl/α,β-unsaturated/α-hetero) is 1. The van der Waals surface area contributed by atoms with Crippen molar-refractivity contribution in [3.63, 3.8) is 0 Å². The summed E-state index contributed by atoms with van der Waals surface area (Å²) in [7, 11) is 1.66. The third-order valence-corrected chi connectivity index (χ3v) is 5.64. The van der Waals surface area contributed by atoms with E-state index >= 15 is 0 Å². The van der Waals surface area contributed by atoms with Gasteiger partial charge >= 0.3 is 0 Å². The number of para-hydroxylation sites is 1. The van der Waals surface area contributed by atoms with Gasteiger partial charge in [0.1, 0.15) is 0 Å². The summed E-state index contributed by atoms with van der Waals surface area (Å²) in [5.74, 6) is 0.126. The zero-order chi connectivity index (χ0) is 20.2. The molecule has 6 nitrogen and oxygen atoms in total. The van der Waals surface area contributed by atoms with Gasteiger partial charge in [-0.2, -0.15) is 0 Å². The van der Waals surface area contributed by atoms with E-state index in [-0.39, 0.29) is 17.7 Å². The summed E-state index contributed by atoms with van der Waals surface area (Å²) < 4.78 is 0. The van der Waals surface area contributed by atoms with Gasteiger partial charge in [0.05, 0.1) is 12.6 Å². The number of hydrogen-bond donors (Lipinski definition) is 2. The van der Waals surface area contributed by atoms with Crippen LogP contribution in [0.5, 0.6) is 0 Å². The molecule has 0 bridgehead atoms. The lowest BCUT2D eigenvalue weighted by atomic mass is 9.95. The highest BCUT2D eigenvalue weighted by Gasteiger charge is 2.32. The molecule has 0 saturated carbocycles. The molecule has 1 aliphatic rings. The van der Waals surface area contributed by atoms with Crippen LogP contribution in [0.15, 0.2) is 60.8 Å². The molecule has 1 saturated heterocycles. The standard InChI is InChI=1S/C23H26N4O2/c1-24-21(28)16-26-11-13-27(14-12-26)22(17-7-3-2-4-8-17)23(29)19-15-25-20-10-6-5-9-18(19)20/h2-10,15,22,25H,11-14,16H2,1H3,(H,24,28). The summed E-state index contributed by atoms with van der Waals surface area (Å²) in [4.78, 5) is 33.0. The van der Waals surface area contributed by atoms with Gasteiger partial charge in [0.15, 0.2) is 5.78 Å². The Labute approximate surface area is 170 Å². The lowest BCUT2D eigenvalue weighted by Gasteiger charge is -2.38. The van der Waals surface area contributed by atoms with Crippen molar-refractivity contribution in [3.05, 3.63) is 71.9 Å². The predicted octanol–water partition coefficient (Wildman–Crippen LogP) is 2.46. The normalized spacial score (nSPS) is 16.6. The minimum absolute atomic E-state index is 0.0212. The van der Waals surface area contributed by atoms with Crippen molar-refractivity contribution in [2.75, 3.05) is 39.8 Å². The summed E-state index contributed by atoms with van der Waals surface area (Å²) in [6, 6.07) is 17.5. The van der Waals surface area contributed by atoms with Crippen LogP contribution in [0.25, 0.3) is 10.9 Å². The molecule has 3 aromatic rings. The number of fused-ring (bicyclic) bond motifs is 1. The van der Waals surface area contributed by atoms with E-state index in [1.165, 1.54) is 0 Å². The number of ketones is 1. The molecule has 1 amide bonds. The molecule has 2 heterocycles. The number of nitrogens with one attached hydrogen (secondary N) is 2. The van der Waals surface area contributed by atoms with Crippen molar-refractivity contribution in [2.24, 2.45) is 0 Å². The summed E-state index contributed by atoms with van der Waals surface area (Å²) in [5, 5.41) is 3.63. The number of carbonyl (C=O) groups excluding carboxylic acids is 2. The Balaban J connectivity index is 1.60. The fraction of sp³-hybridized carbons (Fsp3) is 0.304. The van der Waals surface area contributed by atoms with Gasteiger partial charge < -0.3 is 10.3 Å². The van der Waals surface area contributed by atoms with Crippen molar-refractivity contribution >= 4 is 22.6 Å². The minimum atomic E-state index is -0.336. The first kappa shape index (κ1) is 19.4. The van der Waals surface area contributed by atoms with Gasteiger partial charge in [-0.25, -0.2) is 0 Å². The Kier molecular flexibility index (Phi) is 5.74. The topological polar surface area (TPSA) is 68.4 Å². The molecular formula is C23H26N4O2. The summed E-state index contributed by atoms with van der Waals surface area (Å²) in [5.41, 5.74) is 2.70. The first-order valence-corrected chi connectivity index (χ1v) is 9.99. The molecule has 0 spiro atoms. The number of hydrogen-bond acceptors (Lipinski definition) is 4. The second kappa shape index (κ2) is 8.59. The monoisotopic (exact) mass is 390 g/mol. The van der Waals surface area contributed by atoms with Gasteiger partial charge in [0.25, 0.3) is 0 Å². The van der Waals surface area contributed by atoms with E-state index in [0.29, 0.717) is 6.54 Å². The van der Waals surface area contributed by atoms with Gasteiger partial charge in [-0.05, 0) is 11.6 Å². The van der Waals surface area contributed by atoms with E-state index in [1.54, 1.807) is 7.05 Å². The first-order chi connectivity index (χ1) is 14.2. The van der Waals surface area contributed by atoms with E-state index in [2.05, 4.69) is 20.1 Å². The van der Waals surface area contributed by atoms with Crippen LogP contribution in [0.4, 0.5) is 0 Å². The molecule has 150 valence electrons. The maximum atomic E-state index is 13.7. The molecule has 1 aliphatic heterocycles. The number of amides is 1. The minimum Gasteiger partial charge on any atom is -0.360 e. The molecular weight excluding hydrogens is 364 g/mol. The fourth-order valence-corrected chi connectivity index (χ4v) is 4.05. The Morgan fingerprint density at radius 3 is 2.41 bits per heavy atom. The van der Waals surface area contributed by atoms with Crippen LogP contribution in [0.1, 0.15) is 22.0 Å². The second-order valence-electron chi connectivity index (χ2n) is 7.41. The molecule has 1 aromatic heterocycles. The van der Waals surface area contributed by atoms with Crippen LogP contribution in [-0.2, 0) is 4.79 Å². The average molecular weight is 390 g/mol. The van der Waals surface area contributed by atoms with E-state index in [1.807, 2.05) is 60.8 Å². The lowest BCUT2D eigenvalue weighted by Crippen LogP contribution is -2.51. The predicted molar refractivity (Wildman–Crippen MR) is 114 cm³/mol. The lowest BCUT2D eigenvalue weighted by molar-refractivity contribution is -0.122. The highest BCUT2D eigenvalue weighted by atomic mass is 16.2. The van der Waals surface area contributed by atoms with Gasteiger partial charge in [-0.1, -0.05) is 48.5 Å². The Morgan fingerprint density at radius 1 is 1.00 bits per heavy atom. The molecule has 29 heavy (non-hydrogen) atoms. The van der Waals surface area contributed by atoms with Crippen molar-refractivity contribution in [3.8, 4) is 0 Å². The molecule has 1 atom stereocenters. The number of aromatic nitrogens is 1. The molecule has 1 unspecified atom stereocenters. The van der Waals surface area contributed by atoms with Crippen LogP contribution in [0.2, 0.25) is 0 Å². The number of piperazine rings is 1. The quantitative estimate of drug-likeness (QED) is 0.635. The Hall–Kier alpha value is -2.96. The molecule has 0 radical (unpaired) electrons. The summed E-state index contributed by atoms with van der Waals surface area (Å²) in [6.07, 6.45) is 1.82. The number of H-pyrrole nitrogens is 1. The fourth-order valence-electron chi connectivity index (χ4n) is 4.05.